The van der Waals surface area contributed by atoms with Gasteiger partial charge in [0.1, 0.15) is 6.54 Å². The minimum absolute atomic E-state index is 0.284. The minimum Gasteiger partial charge on any atom is -0.350 e. The first kappa shape index (κ1) is 19.8. The van der Waals surface area contributed by atoms with Crippen molar-refractivity contribution in [1.82, 2.24) is 5.32 Å². The first-order chi connectivity index (χ1) is 11.7. The van der Waals surface area contributed by atoms with Gasteiger partial charge in [-0.15, -0.1) is 0 Å². The Kier molecular flexibility index (Phi) is 6.48. The molecule has 1 N–H and O–H groups in total. The molecule has 0 radical (unpaired) electrons. The predicted molar refractivity (Wildman–Crippen MR) is 104 cm³/mol. The lowest BCUT2D eigenvalue weighted by Gasteiger charge is -2.22. The molecular formula is C17H18BrClN2O3S. The number of halogens is 2. The zero-order valence-corrected chi connectivity index (χ0v) is 17.0. The highest BCUT2D eigenvalue weighted by Gasteiger charge is 2.21. The lowest BCUT2D eigenvalue weighted by Crippen LogP contribution is -2.40. The number of nitrogens with one attached hydrogen (secondary N) is 1. The van der Waals surface area contributed by atoms with Crippen LogP contribution in [0.25, 0.3) is 0 Å². The summed E-state index contributed by atoms with van der Waals surface area (Å²) in [6.45, 7) is 1.87. The Morgan fingerprint density at radius 1 is 1.20 bits per heavy atom. The number of aryl methyl sites for hydroxylation is 1. The van der Waals surface area contributed by atoms with Crippen LogP contribution in [-0.2, 0) is 21.4 Å². The van der Waals surface area contributed by atoms with Crippen LogP contribution >= 0.6 is 27.5 Å². The first-order valence-corrected chi connectivity index (χ1v) is 10.4. The molecule has 8 heteroatoms. The predicted octanol–water partition coefficient (Wildman–Crippen LogP) is 3.49. The number of rotatable bonds is 6. The fraction of sp³-hybridized carbons (Fsp3) is 0.235. The van der Waals surface area contributed by atoms with Gasteiger partial charge >= 0.3 is 0 Å². The number of hydrogen-bond acceptors (Lipinski definition) is 3. The van der Waals surface area contributed by atoms with Gasteiger partial charge < -0.3 is 5.32 Å². The monoisotopic (exact) mass is 444 g/mol. The van der Waals surface area contributed by atoms with Crippen LogP contribution in [0.2, 0.25) is 5.02 Å². The van der Waals surface area contributed by atoms with Gasteiger partial charge in [0.2, 0.25) is 15.9 Å². The van der Waals surface area contributed by atoms with E-state index >= 15 is 0 Å². The quantitative estimate of drug-likeness (QED) is 0.740. The van der Waals surface area contributed by atoms with E-state index in [0.29, 0.717) is 17.3 Å². The van der Waals surface area contributed by atoms with E-state index in [-0.39, 0.29) is 12.5 Å². The maximum absolute atomic E-state index is 12.2. The average molecular weight is 446 g/mol. The highest BCUT2D eigenvalue weighted by atomic mass is 79.9. The number of sulfonamides is 1. The maximum atomic E-state index is 12.2. The Bertz CT molecular complexity index is 870. The summed E-state index contributed by atoms with van der Waals surface area (Å²) in [5.74, 6) is -0.388. The summed E-state index contributed by atoms with van der Waals surface area (Å²) in [5, 5.41) is 3.33. The van der Waals surface area contributed by atoms with Crippen molar-refractivity contribution in [2.75, 3.05) is 17.1 Å². The van der Waals surface area contributed by atoms with Crippen molar-refractivity contribution in [1.29, 1.82) is 0 Å². The molecule has 0 saturated carbocycles. The van der Waals surface area contributed by atoms with Crippen LogP contribution in [0.15, 0.2) is 46.9 Å². The van der Waals surface area contributed by atoms with Crippen molar-refractivity contribution >= 4 is 49.1 Å². The second-order valence-corrected chi connectivity index (χ2v) is 8.80. The normalized spacial score (nSPS) is 11.2. The molecule has 0 fully saturated rings. The lowest BCUT2D eigenvalue weighted by molar-refractivity contribution is -0.119. The second kappa shape index (κ2) is 8.21. The van der Waals surface area contributed by atoms with Crippen molar-refractivity contribution < 1.29 is 13.2 Å². The van der Waals surface area contributed by atoms with E-state index in [1.807, 2.05) is 6.92 Å². The molecule has 5 nitrogen and oxygen atoms in total. The molecule has 2 aromatic rings. The van der Waals surface area contributed by atoms with E-state index in [1.165, 1.54) is 0 Å². The number of carbonyl (C=O) groups excluding carboxylic acids is 1. The third kappa shape index (κ3) is 5.73. The lowest BCUT2D eigenvalue weighted by atomic mass is 10.2. The summed E-state index contributed by atoms with van der Waals surface area (Å²) in [6.07, 6.45) is 1.08. The molecule has 0 spiro atoms. The van der Waals surface area contributed by atoms with E-state index in [9.17, 15) is 13.2 Å². The van der Waals surface area contributed by atoms with Crippen molar-refractivity contribution in [2.45, 2.75) is 13.5 Å². The standard InChI is InChI=1S/C17H18BrClN2O3S/c1-12-9-15(7-8-16(12)18)21(25(2,23)24)11-17(22)20-10-13-3-5-14(19)6-4-13/h3-9H,10-11H2,1-2H3,(H,20,22). The summed E-state index contributed by atoms with van der Waals surface area (Å²) in [4.78, 5) is 12.2. The fourth-order valence-electron chi connectivity index (χ4n) is 2.17. The number of nitrogens with zero attached hydrogens (tertiary/aromatic N) is 1. The molecule has 25 heavy (non-hydrogen) atoms. The van der Waals surface area contributed by atoms with Gasteiger partial charge in [-0.3, -0.25) is 9.10 Å². The average Bonchev–Trinajstić information content (AvgIpc) is 2.54. The van der Waals surface area contributed by atoms with Crippen molar-refractivity contribution in [3.8, 4) is 0 Å². The molecule has 0 aliphatic carbocycles. The third-order valence-electron chi connectivity index (χ3n) is 3.52. The van der Waals surface area contributed by atoms with Crippen LogP contribution < -0.4 is 9.62 Å². The van der Waals surface area contributed by atoms with Crippen molar-refractivity contribution in [3.63, 3.8) is 0 Å². The van der Waals surface area contributed by atoms with Crippen LogP contribution in [0.1, 0.15) is 11.1 Å². The van der Waals surface area contributed by atoms with E-state index in [1.54, 1.807) is 42.5 Å². The Hall–Kier alpha value is -1.57. The highest BCUT2D eigenvalue weighted by molar-refractivity contribution is 9.10. The van der Waals surface area contributed by atoms with Crippen LogP contribution in [0.4, 0.5) is 5.69 Å². The summed E-state index contributed by atoms with van der Waals surface area (Å²) < 4.78 is 26.1. The number of hydrogen-bond donors (Lipinski definition) is 1. The van der Waals surface area contributed by atoms with Gasteiger partial charge in [0.25, 0.3) is 0 Å². The van der Waals surface area contributed by atoms with Crippen LogP contribution in [-0.4, -0.2) is 27.1 Å². The molecule has 0 atom stereocenters. The van der Waals surface area contributed by atoms with Gasteiger partial charge in [0.15, 0.2) is 0 Å². The molecule has 0 aliphatic heterocycles. The molecule has 0 unspecified atom stereocenters. The summed E-state index contributed by atoms with van der Waals surface area (Å²) in [5.41, 5.74) is 2.21. The topological polar surface area (TPSA) is 66.5 Å². The molecule has 134 valence electrons. The SMILES string of the molecule is Cc1cc(N(CC(=O)NCc2ccc(Cl)cc2)S(C)(=O)=O)ccc1Br. The smallest absolute Gasteiger partial charge is 0.241 e. The third-order valence-corrected chi connectivity index (χ3v) is 5.80. The van der Waals surface area contributed by atoms with E-state index in [4.69, 9.17) is 11.6 Å². The second-order valence-electron chi connectivity index (χ2n) is 5.61. The molecule has 2 rings (SSSR count). The Morgan fingerprint density at radius 2 is 1.84 bits per heavy atom. The summed E-state index contributed by atoms with van der Waals surface area (Å²) in [7, 11) is -3.59. The summed E-state index contributed by atoms with van der Waals surface area (Å²) in [6, 6.07) is 12.2. The Morgan fingerprint density at radius 3 is 2.40 bits per heavy atom. The molecule has 0 heterocycles. The first-order valence-electron chi connectivity index (χ1n) is 7.42. The molecule has 0 bridgehead atoms. The fourth-order valence-corrected chi connectivity index (χ4v) is 3.39. The Labute approximate surface area is 161 Å². The number of carbonyl (C=O) groups is 1. The van der Waals surface area contributed by atoms with Gasteiger partial charge in [-0.25, -0.2) is 8.42 Å². The maximum Gasteiger partial charge on any atom is 0.241 e. The van der Waals surface area contributed by atoms with Gasteiger partial charge in [0.05, 0.1) is 11.9 Å². The van der Waals surface area contributed by atoms with E-state index in [0.717, 1.165) is 26.2 Å². The largest absolute Gasteiger partial charge is 0.350 e. The van der Waals surface area contributed by atoms with Gasteiger partial charge in [0, 0.05) is 16.0 Å². The highest BCUT2D eigenvalue weighted by Crippen LogP contribution is 2.24. The number of amides is 1. The zero-order valence-electron chi connectivity index (χ0n) is 13.8. The van der Waals surface area contributed by atoms with Gasteiger partial charge in [-0.1, -0.05) is 39.7 Å². The zero-order chi connectivity index (χ0) is 18.6. The number of anilines is 1. The van der Waals surface area contributed by atoms with Crippen LogP contribution in [0, 0.1) is 6.92 Å². The van der Waals surface area contributed by atoms with Crippen LogP contribution in [0.5, 0.6) is 0 Å². The molecule has 0 aliphatic rings. The van der Waals surface area contributed by atoms with Crippen molar-refractivity contribution in [3.05, 3.63) is 63.1 Å². The Balaban J connectivity index is 2.10. The minimum atomic E-state index is -3.59. The molecule has 0 aromatic heterocycles. The molecule has 1 amide bonds. The number of benzene rings is 2. The molecular weight excluding hydrogens is 428 g/mol. The molecule has 2 aromatic carbocycles. The van der Waals surface area contributed by atoms with E-state index in [2.05, 4.69) is 21.2 Å². The van der Waals surface area contributed by atoms with Gasteiger partial charge in [-0.05, 0) is 48.4 Å². The molecule has 0 saturated heterocycles. The van der Waals surface area contributed by atoms with Gasteiger partial charge in [-0.2, -0.15) is 0 Å². The van der Waals surface area contributed by atoms with E-state index < -0.39 is 10.0 Å². The van der Waals surface area contributed by atoms with Crippen LogP contribution in [0.3, 0.4) is 0 Å². The summed E-state index contributed by atoms with van der Waals surface area (Å²) >= 11 is 9.20. The van der Waals surface area contributed by atoms with Crippen molar-refractivity contribution in [2.24, 2.45) is 0 Å².